The van der Waals surface area contributed by atoms with Crippen molar-refractivity contribution in [3.8, 4) is 0 Å². The summed E-state index contributed by atoms with van der Waals surface area (Å²) in [6.07, 6.45) is 5.54. The topological polar surface area (TPSA) is 60.7 Å². The number of carbonyl (C=O) groups excluding carboxylic acids is 1. The number of nitrogens with zero attached hydrogens (tertiary/aromatic N) is 2. The van der Waals surface area contributed by atoms with E-state index in [0.29, 0.717) is 25.6 Å². The highest BCUT2D eigenvalue weighted by atomic mass is 35.5. The predicted molar refractivity (Wildman–Crippen MR) is 128 cm³/mol. The number of hydrogen-bond donors (Lipinski definition) is 0. The molecule has 1 aliphatic heterocycles. The zero-order chi connectivity index (χ0) is 22.7. The lowest BCUT2D eigenvalue weighted by Crippen LogP contribution is -2.38. The molecule has 1 aromatic heterocycles. The van der Waals surface area contributed by atoms with Gasteiger partial charge in [0.25, 0.3) is 5.56 Å². The van der Waals surface area contributed by atoms with E-state index in [1.807, 2.05) is 54.6 Å². The Morgan fingerprint density at radius 2 is 1.94 bits per heavy atom. The van der Waals surface area contributed by atoms with Gasteiger partial charge in [0.1, 0.15) is 0 Å². The Morgan fingerprint density at radius 1 is 1.19 bits per heavy atom. The van der Waals surface area contributed by atoms with Crippen LogP contribution >= 0.6 is 22.9 Å². The van der Waals surface area contributed by atoms with E-state index >= 15 is 0 Å². The van der Waals surface area contributed by atoms with Gasteiger partial charge in [-0.15, -0.1) is 0 Å². The van der Waals surface area contributed by atoms with Crippen LogP contribution in [0.3, 0.4) is 0 Å². The molecule has 32 heavy (non-hydrogen) atoms. The van der Waals surface area contributed by atoms with Crippen LogP contribution in [0.1, 0.15) is 31.0 Å². The van der Waals surface area contributed by atoms with Crippen molar-refractivity contribution >= 4 is 41.1 Å². The first-order chi connectivity index (χ1) is 15.5. The second-order valence-electron chi connectivity index (χ2n) is 7.17. The van der Waals surface area contributed by atoms with Crippen molar-refractivity contribution in [2.24, 2.45) is 4.99 Å². The van der Waals surface area contributed by atoms with E-state index in [1.165, 1.54) is 11.3 Å². The van der Waals surface area contributed by atoms with Gasteiger partial charge in [-0.05, 0) is 43.2 Å². The van der Waals surface area contributed by atoms with Crippen LogP contribution in [0, 0.1) is 0 Å². The van der Waals surface area contributed by atoms with Gasteiger partial charge in [0.2, 0.25) is 0 Å². The molecule has 4 rings (SSSR count). The highest BCUT2D eigenvalue weighted by Gasteiger charge is 2.30. The van der Waals surface area contributed by atoms with Crippen LogP contribution in [0.4, 0.5) is 0 Å². The molecule has 0 fully saturated rings. The second kappa shape index (κ2) is 9.51. The Kier molecular flexibility index (Phi) is 6.53. The molecule has 3 aromatic rings. The van der Waals surface area contributed by atoms with Crippen LogP contribution in [-0.2, 0) is 9.53 Å². The van der Waals surface area contributed by atoms with Crippen molar-refractivity contribution in [2.45, 2.75) is 19.9 Å². The monoisotopic (exact) mass is 464 g/mol. The predicted octanol–water partition coefficient (Wildman–Crippen LogP) is 4.12. The summed E-state index contributed by atoms with van der Waals surface area (Å²) in [6, 6.07) is 16.4. The Balaban J connectivity index is 1.88. The van der Waals surface area contributed by atoms with Gasteiger partial charge >= 0.3 is 5.97 Å². The lowest BCUT2D eigenvalue weighted by Gasteiger charge is -2.21. The van der Waals surface area contributed by atoms with Crippen LogP contribution < -0.4 is 14.9 Å². The molecule has 1 atom stereocenters. The van der Waals surface area contributed by atoms with E-state index in [2.05, 4.69) is 4.99 Å². The maximum Gasteiger partial charge on any atom is 0.338 e. The van der Waals surface area contributed by atoms with Crippen molar-refractivity contribution in [1.29, 1.82) is 0 Å². The molecule has 7 heteroatoms. The van der Waals surface area contributed by atoms with Crippen LogP contribution in [-0.4, -0.2) is 17.1 Å². The maximum atomic E-state index is 13.4. The zero-order valence-corrected chi connectivity index (χ0v) is 19.2. The molecule has 0 saturated heterocycles. The van der Waals surface area contributed by atoms with Gasteiger partial charge in [-0.2, -0.15) is 0 Å². The minimum absolute atomic E-state index is 0.217. The summed E-state index contributed by atoms with van der Waals surface area (Å²) < 4.78 is 7.35. The number of thiazole rings is 1. The van der Waals surface area contributed by atoms with E-state index in [1.54, 1.807) is 36.6 Å². The van der Waals surface area contributed by atoms with Crippen molar-refractivity contribution in [1.82, 2.24) is 4.57 Å². The minimum atomic E-state index is -0.619. The van der Waals surface area contributed by atoms with E-state index in [9.17, 15) is 9.59 Å². The summed E-state index contributed by atoms with van der Waals surface area (Å²) in [4.78, 5) is 31.3. The van der Waals surface area contributed by atoms with E-state index in [4.69, 9.17) is 16.3 Å². The number of fused-ring (bicyclic) bond motifs is 1. The average molecular weight is 465 g/mol. The Labute approximate surface area is 194 Å². The summed E-state index contributed by atoms with van der Waals surface area (Å²) in [7, 11) is 0. The first kappa shape index (κ1) is 22.0. The largest absolute Gasteiger partial charge is 0.463 e. The number of hydrogen-bond acceptors (Lipinski definition) is 5. The van der Waals surface area contributed by atoms with Crippen LogP contribution in [0.2, 0.25) is 5.02 Å². The number of halogens is 1. The zero-order valence-electron chi connectivity index (χ0n) is 17.6. The molecule has 0 N–H and O–H groups in total. The molecular weight excluding hydrogens is 444 g/mol. The Bertz CT molecular complexity index is 1400. The second-order valence-corrected chi connectivity index (χ2v) is 8.61. The summed E-state index contributed by atoms with van der Waals surface area (Å²) in [6.45, 7) is 3.76. The number of allylic oxidation sites excluding steroid dienone is 2. The van der Waals surface area contributed by atoms with Crippen molar-refractivity contribution in [3.63, 3.8) is 0 Å². The highest BCUT2D eigenvalue weighted by Crippen LogP contribution is 2.26. The molecule has 0 amide bonds. The van der Waals surface area contributed by atoms with E-state index in [0.717, 1.165) is 11.1 Å². The van der Waals surface area contributed by atoms with Gasteiger partial charge in [0, 0.05) is 5.02 Å². The number of carbonyl (C=O) groups is 1. The molecule has 0 radical (unpaired) electrons. The molecule has 2 aromatic carbocycles. The Hall–Kier alpha value is -3.22. The summed E-state index contributed by atoms with van der Waals surface area (Å²) in [5, 5.41) is 0.593. The smallest absolute Gasteiger partial charge is 0.338 e. The van der Waals surface area contributed by atoms with Gasteiger partial charge in [0.15, 0.2) is 4.80 Å². The molecule has 0 spiro atoms. The normalized spacial score (nSPS) is 16.2. The number of esters is 1. The number of ether oxygens (including phenoxy) is 1. The first-order valence-corrected chi connectivity index (χ1v) is 11.4. The molecule has 162 valence electrons. The summed E-state index contributed by atoms with van der Waals surface area (Å²) >= 11 is 7.38. The fourth-order valence-electron chi connectivity index (χ4n) is 3.53. The first-order valence-electron chi connectivity index (χ1n) is 10.2. The fraction of sp³-hybridized carbons (Fsp3) is 0.160. The van der Waals surface area contributed by atoms with Crippen molar-refractivity contribution in [3.05, 3.63) is 108 Å². The Morgan fingerprint density at radius 3 is 2.66 bits per heavy atom. The van der Waals surface area contributed by atoms with Gasteiger partial charge in [-0.3, -0.25) is 9.36 Å². The van der Waals surface area contributed by atoms with Gasteiger partial charge in [0.05, 0.1) is 28.5 Å². The lowest BCUT2D eigenvalue weighted by molar-refractivity contribution is -0.139. The van der Waals surface area contributed by atoms with Crippen LogP contribution in [0.5, 0.6) is 0 Å². The molecule has 0 saturated carbocycles. The SMILES string of the molecule is CCOC(=O)C1=C(C)N=c2s/c(=C\c3cccc(Cl)c3)c(=O)n2[C@@H]1/C=C/c1ccccc1. The molecule has 5 nitrogen and oxygen atoms in total. The molecule has 0 bridgehead atoms. The standard InChI is InChI=1S/C25H21ClN2O3S/c1-3-31-24(30)22-16(2)27-25-28(20(22)13-12-17-8-5-4-6-9-17)23(29)21(32-25)15-18-10-7-11-19(26)14-18/h4-15,20H,3H2,1-2H3/b13-12+,21-15-/t20-/m1/s1. The molecule has 2 heterocycles. The number of benzene rings is 2. The van der Waals surface area contributed by atoms with Crippen LogP contribution in [0.25, 0.3) is 12.2 Å². The average Bonchev–Trinajstić information content (AvgIpc) is 3.07. The summed E-state index contributed by atoms with van der Waals surface area (Å²) in [5.74, 6) is -0.472. The maximum absolute atomic E-state index is 13.4. The summed E-state index contributed by atoms with van der Waals surface area (Å²) in [5.41, 5.74) is 2.47. The van der Waals surface area contributed by atoms with Gasteiger partial charge in [-0.25, -0.2) is 9.79 Å². The lowest BCUT2D eigenvalue weighted by atomic mass is 10.0. The molecule has 0 aliphatic carbocycles. The molecule has 1 aliphatic rings. The fourth-order valence-corrected chi connectivity index (χ4v) is 4.78. The quantitative estimate of drug-likeness (QED) is 0.534. The van der Waals surface area contributed by atoms with E-state index in [-0.39, 0.29) is 12.2 Å². The highest BCUT2D eigenvalue weighted by molar-refractivity contribution is 7.07. The van der Waals surface area contributed by atoms with E-state index < -0.39 is 12.0 Å². The third-order valence-corrected chi connectivity index (χ3v) is 6.19. The third-order valence-electron chi connectivity index (χ3n) is 4.98. The number of aromatic nitrogens is 1. The molecule has 0 unspecified atom stereocenters. The van der Waals surface area contributed by atoms with Crippen molar-refractivity contribution < 1.29 is 9.53 Å². The van der Waals surface area contributed by atoms with Gasteiger partial charge < -0.3 is 4.74 Å². The third kappa shape index (κ3) is 4.52. The number of rotatable bonds is 5. The van der Waals surface area contributed by atoms with Gasteiger partial charge in [-0.1, -0.05) is 77.6 Å². The van der Waals surface area contributed by atoms with Crippen LogP contribution in [0.15, 0.2) is 81.7 Å². The molecular formula is C25H21ClN2O3S. The minimum Gasteiger partial charge on any atom is -0.463 e. The van der Waals surface area contributed by atoms with Crippen molar-refractivity contribution in [2.75, 3.05) is 6.61 Å².